The van der Waals surface area contributed by atoms with Crippen LogP contribution in [0, 0.1) is 11.7 Å². The molecule has 33 heavy (non-hydrogen) atoms. The molecule has 0 N–H and O–H groups in total. The van der Waals surface area contributed by atoms with Crippen LogP contribution in [0.2, 0.25) is 0 Å². The van der Waals surface area contributed by atoms with Gasteiger partial charge in [0.2, 0.25) is 5.82 Å². The van der Waals surface area contributed by atoms with Gasteiger partial charge in [0, 0.05) is 30.1 Å². The topological polar surface area (TPSA) is 65.2 Å². The summed E-state index contributed by atoms with van der Waals surface area (Å²) in [6, 6.07) is 0.946. The number of halogens is 6. The molecule has 0 saturated carbocycles. The summed E-state index contributed by atoms with van der Waals surface area (Å²) in [4.78, 5) is 7.86. The number of hydrogen-bond donors (Lipinski definition) is 1. The Morgan fingerprint density at radius 3 is 2.39 bits per heavy atom. The minimum absolute atomic E-state index is 0.0728. The van der Waals surface area contributed by atoms with Crippen molar-refractivity contribution in [1.82, 2.24) is 24.6 Å². The van der Waals surface area contributed by atoms with Gasteiger partial charge in [-0.3, -0.25) is 9.38 Å². The second-order valence-electron chi connectivity index (χ2n) is 7.83. The summed E-state index contributed by atoms with van der Waals surface area (Å²) >= 11 is 3.93. The molecule has 6 nitrogen and oxygen atoms in total. The van der Waals surface area contributed by atoms with Crippen LogP contribution in [0.3, 0.4) is 0 Å². The molecule has 0 aromatic carbocycles. The molecule has 3 aromatic rings. The first-order valence-corrected chi connectivity index (χ1v) is 10.6. The average molecular weight is 493 g/mol. The Balaban J connectivity index is 1.95. The van der Waals surface area contributed by atoms with Gasteiger partial charge in [-0.1, -0.05) is 6.92 Å². The summed E-state index contributed by atoms with van der Waals surface area (Å²) in [6.45, 7) is 3.68. The van der Waals surface area contributed by atoms with Crippen molar-refractivity contribution in [2.24, 2.45) is 5.92 Å². The van der Waals surface area contributed by atoms with E-state index >= 15 is 0 Å². The van der Waals surface area contributed by atoms with Gasteiger partial charge in [-0.25, -0.2) is 9.37 Å². The van der Waals surface area contributed by atoms with Gasteiger partial charge in [0.1, 0.15) is 5.60 Å². The van der Waals surface area contributed by atoms with E-state index < -0.39 is 47.6 Å². The molecule has 0 fully saturated rings. The fraction of sp³-hybridized carbons (Fsp3) is 0.500. The first-order valence-electron chi connectivity index (χ1n) is 9.94. The maximum absolute atomic E-state index is 14.7. The lowest BCUT2D eigenvalue weighted by molar-refractivity contribution is -0.207. The van der Waals surface area contributed by atoms with Crippen LogP contribution >= 0.6 is 12.6 Å². The second kappa shape index (κ2) is 8.99. The van der Waals surface area contributed by atoms with Crippen LogP contribution in [0.25, 0.3) is 16.9 Å². The highest BCUT2D eigenvalue weighted by Gasteiger charge is 2.49. The van der Waals surface area contributed by atoms with Gasteiger partial charge in [-0.15, -0.1) is 10.2 Å². The molecule has 3 aromatic heterocycles. The Morgan fingerprint density at radius 1 is 1.12 bits per heavy atom. The van der Waals surface area contributed by atoms with Crippen LogP contribution in [0.5, 0.6) is 5.88 Å². The third-order valence-electron chi connectivity index (χ3n) is 5.34. The normalized spacial score (nSPS) is 15.5. The van der Waals surface area contributed by atoms with E-state index in [1.165, 1.54) is 12.4 Å². The highest BCUT2D eigenvalue weighted by atomic mass is 32.1. The Bertz CT molecular complexity index is 1140. The van der Waals surface area contributed by atoms with Crippen LogP contribution < -0.4 is 4.74 Å². The van der Waals surface area contributed by atoms with E-state index in [2.05, 4.69) is 32.8 Å². The van der Waals surface area contributed by atoms with Gasteiger partial charge in [0.15, 0.2) is 11.5 Å². The summed E-state index contributed by atoms with van der Waals surface area (Å²) in [7, 11) is 0. The maximum Gasteiger partial charge on any atom is 0.395 e. The van der Waals surface area contributed by atoms with E-state index in [9.17, 15) is 26.3 Å². The molecule has 0 radical (unpaired) electrons. The predicted molar refractivity (Wildman–Crippen MR) is 111 cm³/mol. The van der Waals surface area contributed by atoms with Crippen molar-refractivity contribution < 1.29 is 31.1 Å². The molecular formula is C20H21F6N5OS. The van der Waals surface area contributed by atoms with Crippen molar-refractivity contribution in [3.63, 3.8) is 0 Å². The largest absolute Gasteiger partial charge is 0.468 e. The summed E-state index contributed by atoms with van der Waals surface area (Å²) < 4.78 is 89.4. The van der Waals surface area contributed by atoms with E-state index in [1.807, 2.05) is 0 Å². The highest BCUT2D eigenvalue weighted by molar-refractivity contribution is 7.80. The standard InChI is InChI=1S/C20H21F6N5OS/c1-4-5-19(22,23)17-30-29-15-8-27-14(9-31(15)17)12-6-13(21)16(28-7-12)32-18(3,10-33)11(2)20(24,25)26/h6-9,11,33H,4-5,10H2,1-3H3. The number of fused-ring (bicyclic) bond motifs is 1. The van der Waals surface area contributed by atoms with Crippen molar-refractivity contribution in [2.45, 2.75) is 51.3 Å². The molecule has 2 atom stereocenters. The molecule has 3 heterocycles. The lowest BCUT2D eigenvalue weighted by atomic mass is 9.91. The SMILES string of the molecule is CCCC(F)(F)c1nnc2cnc(-c3cnc(OC(C)(CS)C(C)C(F)(F)F)c(F)c3)cn12. The van der Waals surface area contributed by atoms with Crippen LogP contribution in [0.4, 0.5) is 26.3 Å². The third-order valence-corrected chi connectivity index (χ3v) is 5.97. The number of nitrogens with zero attached hydrogens (tertiary/aromatic N) is 5. The van der Waals surface area contributed by atoms with Crippen molar-refractivity contribution in [1.29, 1.82) is 0 Å². The lowest BCUT2D eigenvalue weighted by Crippen LogP contribution is -2.48. The molecule has 0 aliphatic carbocycles. The molecule has 2 unspecified atom stereocenters. The van der Waals surface area contributed by atoms with E-state index in [0.717, 1.165) is 30.5 Å². The molecule has 180 valence electrons. The van der Waals surface area contributed by atoms with Crippen LogP contribution in [-0.2, 0) is 5.92 Å². The summed E-state index contributed by atoms with van der Waals surface area (Å²) in [6.07, 6.45) is -1.28. The van der Waals surface area contributed by atoms with Crippen molar-refractivity contribution in [2.75, 3.05) is 5.75 Å². The third kappa shape index (κ3) is 5.02. The van der Waals surface area contributed by atoms with Crippen molar-refractivity contribution >= 4 is 18.3 Å². The van der Waals surface area contributed by atoms with Crippen LogP contribution in [-0.4, -0.2) is 42.1 Å². The fourth-order valence-electron chi connectivity index (χ4n) is 3.09. The highest BCUT2D eigenvalue weighted by Crippen LogP contribution is 2.38. The molecule has 13 heteroatoms. The van der Waals surface area contributed by atoms with Gasteiger partial charge >= 0.3 is 12.1 Å². The van der Waals surface area contributed by atoms with E-state index in [0.29, 0.717) is 0 Å². The molecule has 0 aliphatic heterocycles. The summed E-state index contributed by atoms with van der Waals surface area (Å²) in [5, 5.41) is 7.23. The van der Waals surface area contributed by atoms with Gasteiger partial charge in [-0.2, -0.15) is 34.6 Å². The number of aromatic nitrogens is 5. The van der Waals surface area contributed by atoms with E-state index in [-0.39, 0.29) is 29.1 Å². The number of thiol groups is 1. The van der Waals surface area contributed by atoms with Crippen molar-refractivity contribution in [3.8, 4) is 17.1 Å². The first-order chi connectivity index (χ1) is 15.3. The molecule has 3 rings (SSSR count). The Labute approximate surface area is 190 Å². The maximum atomic E-state index is 14.7. The molecule has 0 saturated heterocycles. The Hall–Kier alpha value is -2.57. The molecule has 0 aliphatic rings. The van der Waals surface area contributed by atoms with Gasteiger partial charge in [0.05, 0.1) is 17.8 Å². The zero-order chi connectivity index (χ0) is 24.6. The zero-order valence-corrected chi connectivity index (χ0v) is 18.8. The average Bonchev–Trinajstić information content (AvgIpc) is 3.18. The fourth-order valence-corrected chi connectivity index (χ4v) is 3.43. The zero-order valence-electron chi connectivity index (χ0n) is 17.9. The number of hydrogen-bond acceptors (Lipinski definition) is 6. The van der Waals surface area contributed by atoms with Crippen molar-refractivity contribution in [3.05, 3.63) is 36.3 Å². The Morgan fingerprint density at radius 2 is 1.82 bits per heavy atom. The second-order valence-corrected chi connectivity index (χ2v) is 8.14. The number of pyridine rings is 1. The smallest absolute Gasteiger partial charge is 0.395 e. The van der Waals surface area contributed by atoms with Gasteiger partial charge in [-0.05, 0) is 26.3 Å². The Kier molecular flexibility index (Phi) is 6.83. The summed E-state index contributed by atoms with van der Waals surface area (Å²) in [5.41, 5.74) is -1.63. The monoisotopic (exact) mass is 493 g/mol. The van der Waals surface area contributed by atoms with E-state index in [1.54, 1.807) is 6.92 Å². The minimum atomic E-state index is -4.59. The predicted octanol–water partition coefficient (Wildman–Crippen LogP) is 5.48. The van der Waals surface area contributed by atoms with E-state index in [4.69, 9.17) is 4.74 Å². The molecule has 0 bridgehead atoms. The molecule has 0 amide bonds. The summed E-state index contributed by atoms with van der Waals surface area (Å²) in [5.74, 6) is -7.81. The quantitative estimate of drug-likeness (QED) is 0.333. The molecular weight excluding hydrogens is 472 g/mol. The molecule has 0 spiro atoms. The number of rotatable bonds is 8. The van der Waals surface area contributed by atoms with Gasteiger partial charge < -0.3 is 4.74 Å². The van der Waals surface area contributed by atoms with Crippen LogP contribution in [0.1, 0.15) is 39.4 Å². The number of alkyl halides is 5. The van der Waals surface area contributed by atoms with Crippen LogP contribution in [0.15, 0.2) is 24.7 Å². The lowest BCUT2D eigenvalue weighted by Gasteiger charge is -2.35. The van der Waals surface area contributed by atoms with Gasteiger partial charge in [0.25, 0.3) is 5.88 Å². The minimum Gasteiger partial charge on any atom is -0.468 e. The first kappa shape index (κ1) is 25.1. The number of ether oxygens (including phenoxy) is 1.